The third-order valence-corrected chi connectivity index (χ3v) is 8.56. The number of nitrogens with zero attached hydrogens (tertiary/aromatic N) is 1. The fourth-order valence-electron chi connectivity index (χ4n) is 6.41. The smallest absolute Gasteiger partial charge is 0.374 e. The van der Waals surface area contributed by atoms with Gasteiger partial charge in [0.15, 0.2) is 0 Å². The van der Waals surface area contributed by atoms with Crippen LogP contribution in [0.15, 0.2) is 109 Å². The van der Waals surface area contributed by atoms with E-state index >= 15 is 0 Å². The Morgan fingerprint density at radius 2 is 1.26 bits per heavy atom. The molecule has 46 heavy (non-hydrogen) atoms. The van der Waals surface area contributed by atoms with Crippen molar-refractivity contribution >= 4 is 5.91 Å². The highest BCUT2D eigenvalue weighted by molar-refractivity contribution is 5.74. The van der Waals surface area contributed by atoms with Gasteiger partial charge in [0.2, 0.25) is 5.91 Å². The molecular formula is C36H34F6N2O2. The topological polar surface area (TPSA) is 41.6 Å². The number of carbonyl (C=O) groups is 1. The normalized spacial score (nSPS) is 20.8. The monoisotopic (exact) mass is 640 g/mol. The second kappa shape index (κ2) is 13.3. The van der Waals surface area contributed by atoms with Crippen LogP contribution in [0.25, 0.3) is 0 Å². The minimum Gasteiger partial charge on any atom is -0.374 e. The molecule has 4 nitrogen and oxygen atoms in total. The molecule has 1 fully saturated rings. The molecule has 5 rings (SSSR count). The van der Waals surface area contributed by atoms with E-state index in [9.17, 15) is 31.1 Å². The largest absolute Gasteiger partial charge is 0.416 e. The molecule has 1 amide bonds. The van der Waals surface area contributed by atoms with Crippen molar-refractivity contribution in [2.24, 2.45) is 0 Å². The van der Waals surface area contributed by atoms with Crippen molar-refractivity contribution in [1.82, 2.24) is 10.2 Å². The Labute approximate surface area is 264 Å². The average molecular weight is 641 g/mol. The number of carbonyl (C=O) groups excluding carboxylic acids is 1. The summed E-state index contributed by atoms with van der Waals surface area (Å²) in [5.41, 5.74) is -1.79. The first-order chi connectivity index (χ1) is 21.8. The second-order valence-corrected chi connectivity index (χ2v) is 11.8. The lowest BCUT2D eigenvalue weighted by atomic mass is 9.71. The predicted octanol–water partition coefficient (Wildman–Crippen LogP) is 8.46. The van der Waals surface area contributed by atoms with Gasteiger partial charge in [-0.05, 0) is 53.3 Å². The van der Waals surface area contributed by atoms with Crippen LogP contribution in [0.3, 0.4) is 0 Å². The molecule has 1 heterocycles. The van der Waals surface area contributed by atoms with Crippen molar-refractivity contribution in [2.75, 3.05) is 13.2 Å². The first kappa shape index (κ1) is 33.2. The predicted molar refractivity (Wildman–Crippen MR) is 162 cm³/mol. The van der Waals surface area contributed by atoms with Gasteiger partial charge in [-0.3, -0.25) is 9.69 Å². The van der Waals surface area contributed by atoms with Crippen molar-refractivity contribution in [1.29, 1.82) is 0 Å². The van der Waals surface area contributed by atoms with Crippen molar-refractivity contribution in [3.63, 3.8) is 0 Å². The van der Waals surface area contributed by atoms with E-state index in [0.29, 0.717) is 38.1 Å². The Bertz CT molecular complexity index is 1580. The average Bonchev–Trinajstić information content (AvgIpc) is 3.02. The number of alkyl halides is 6. The van der Waals surface area contributed by atoms with Gasteiger partial charge in [-0.15, -0.1) is 0 Å². The standard InChI is InChI=1S/C36H34F6N2O2/c1-26(45)43-33(29-13-7-3-8-14-29)17-18-34(30-15-9-4-10-16-30,44(24-33)22-27-11-5-2-6-12-27)25-46-23-28-19-31(35(37,38)39)21-32(20-28)36(40,41)42/h2-16,19-21H,17-18,22-25H2,1H3,(H,43,45)/t33-,34-/m1/s1. The van der Waals surface area contributed by atoms with Crippen LogP contribution >= 0.6 is 0 Å². The fraction of sp³-hybridized carbons (Fsp3) is 0.306. The molecule has 10 heteroatoms. The van der Waals surface area contributed by atoms with E-state index in [4.69, 9.17) is 4.74 Å². The van der Waals surface area contributed by atoms with Crippen LogP contribution in [0.1, 0.15) is 53.1 Å². The molecular weight excluding hydrogens is 606 g/mol. The summed E-state index contributed by atoms with van der Waals surface area (Å²) in [7, 11) is 0. The zero-order chi connectivity index (χ0) is 33.0. The van der Waals surface area contributed by atoms with E-state index in [1.165, 1.54) is 6.92 Å². The lowest BCUT2D eigenvalue weighted by molar-refractivity contribution is -0.143. The minimum absolute atomic E-state index is 0.0214. The zero-order valence-corrected chi connectivity index (χ0v) is 25.2. The summed E-state index contributed by atoms with van der Waals surface area (Å²) >= 11 is 0. The molecule has 1 N–H and O–H groups in total. The Morgan fingerprint density at radius 1 is 0.739 bits per heavy atom. The summed E-state index contributed by atoms with van der Waals surface area (Å²) in [6.07, 6.45) is -8.94. The third kappa shape index (κ3) is 7.45. The Kier molecular flexibility index (Phi) is 9.60. The van der Waals surface area contributed by atoms with E-state index in [2.05, 4.69) is 10.2 Å². The molecule has 0 spiro atoms. The molecule has 0 aromatic heterocycles. The SMILES string of the molecule is CC(=O)N[C@]1(c2ccccc2)CC[C@@](COCc2cc(C(F)(F)F)cc(C(F)(F)F)c2)(c2ccccc2)N(Cc2ccccc2)C1. The number of piperidine rings is 1. The number of halogens is 6. The number of nitrogens with one attached hydrogen (secondary N) is 1. The maximum atomic E-state index is 13.5. The summed E-state index contributed by atoms with van der Waals surface area (Å²) in [6.45, 7) is 1.79. The number of rotatable bonds is 9. The van der Waals surface area contributed by atoms with E-state index in [1.54, 1.807) is 0 Å². The van der Waals surface area contributed by atoms with Crippen LogP contribution in [-0.2, 0) is 46.1 Å². The molecule has 1 aliphatic heterocycles. The number of ether oxygens (including phenoxy) is 1. The van der Waals surface area contributed by atoms with Crippen LogP contribution in [-0.4, -0.2) is 24.0 Å². The molecule has 4 aromatic carbocycles. The number of amides is 1. The number of hydrogen-bond acceptors (Lipinski definition) is 3. The molecule has 242 valence electrons. The number of likely N-dealkylation sites (tertiary alicyclic amines) is 1. The summed E-state index contributed by atoms with van der Waals surface area (Å²) < 4.78 is 87.4. The highest BCUT2D eigenvalue weighted by Gasteiger charge is 2.50. The highest BCUT2D eigenvalue weighted by Crippen LogP contribution is 2.46. The lowest BCUT2D eigenvalue weighted by Gasteiger charge is -2.54. The van der Waals surface area contributed by atoms with Crippen LogP contribution in [0, 0.1) is 0 Å². The Balaban J connectivity index is 1.55. The van der Waals surface area contributed by atoms with Gasteiger partial charge in [0.25, 0.3) is 0 Å². The molecule has 1 saturated heterocycles. The lowest BCUT2D eigenvalue weighted by Crippen LogP contribution is -2.63. The first-order valence-corrected chi connectivity index (χ1v) is 14.9. The van der Waals surface area contributed by atoms with E-state index < -0.39 is 41.2 Å². The molecule has 0 aliphatic carbocycles. The first-order valence-electron chi connectivity index (χ1n) is 14.9. The number of benzene rings is 4. The van der Waals surface area contributed by atoms with Crippen molar-refractivity contribution < 1.29 is 35.9 Å². The zero-order valence-electron chi connectivity index (χ0n) is 25.2. The maximum Gasteiger partial charge on any atom is 0.416 e. The fourth-order valence-corrected chi connectivity index (χ4v) is 6.41. The van der Waals surface area contributed by atoms with Gasteiger partial charge in [-0.2, -0.15) is 26.3 Å². The second-order valence-electron chi connectivity index (χ2n) is 11.8. The van der Waals surface area contributed by atoms with Crippen molar-refractivity contribution in [3.8, 4) is 0 Å². The number of hydrogen-bond donors (Lipinski definition) is 1. The van der Waals surface area contributed by atoms with Crippen molar-refractivity contribution in [3.05, 3.63) is 143 Å². The van der Waals surface area contributed by atoms with Gasteiger partial charge >= 0.3 is 12.4 Å². The van der Waals surface area contributed by atoms with E-state index in [-0.39, 0.29) is 24.1 Å². The molecule has 0 saturated carbocycles. The molecule has 1 aliphatic rings. The van der Waals surface area contributed by atoms with Gasteiger partial charge in [0.1, 0.15) is 0 Å². The van der Waals surface area contributed by atoms with Crippen LogP contribution in [0.2, 0.25) is 0 Å². The van der Waals surface area contributed by atoms with Crippen LogP contribution < -0.4 is 5.32 Å². The summed E-state index contributed by atoms with van der Waals surface area (Å²) in [5.74, 6) is -0.197. The van der Waals surface area contributed by atoms with E-state index in [1.807, 2.05) is 91.0 Å². The summed E-state index contributed by atoms with van der Waals surface area (Å²) in [5, 5.41) is 3.20. The molecule has 2 atom stereocenters. The van der Waals surface area contributed by atoms with Gasteiger partial charge in [-0.25, -0.2) is 0 Å². The van der Waals surface area contributed by atoms with Gasteiger partial charge in [0, 0.05) is 20.0 Å². The van der Waals surface area contributed by atoms with E-state index in [0.717, 1.165) is 16.7 Å². The molecule has 0 radical (unpaired) electrons. The maximum absolute atomic E-state index is 13.5. The summed E-state index contributed by atoms with van der Waals surface area (Å²) in [6, 6.07) is 30.4. The van der Waals surface area contributed by atoms with Gasteiger partial charge in [0.05, 0.1) is 35.4 Å². The summed E-state index contributed by atoms with van der Waals surface area (Å²) in [4.78, 5) is 14.8. The Morgan fingerprint density at radius 3 is 1.78 bits per heavy atom. The van der Waals surface area contributed by atoms with Gasteiger partial charge < -0.3 is 10.1 Å². The van der Waals surface area contributed by atoms with Crippen LogP contribution in [0.4, 0.5) is 26.3 Å². The minimum atomic E-state index is -4.96. The highest BCUT2D eigenvalue weighted by atomic mass is 19.4. The van der Waals surface area contributed by atoms with Crippen molar-refractivity contribution in [2.45, 2.75) is 56.3 Å². The van der Waals surface area contributed by atoms with Gasteiger partial charge in [-0.1, -0.05) is 91.0 Å². The molecule has 0 unspecified atom stereocenters. The van der Waals surface area contributed by atoms with Crippen LogP contribution in [0.5, 0.6) is 0 Å². The molecule has 0 bridgehead atoms. The third-order valence-electron chi connectivity index (χ3n) is 8.56. The molecule has 4 aromatic rings. The quantitative estimate of drug-likeness (QED) is 0.187. The Hall–Kier alpha value is -4.15.